The van der Waals surface area contributed by atoms with Gasteiger partial charge in [-0.2, -0.15) is 26.3 Å². The van der Waals surface area contributed by atoms with Gasteiger partial charge in [-0.05, 0) is 11.5 Å². The fraction of sp³-hybridized carbons (Fsp3) is 0.250. The number of ether oxygens (including phenoxy) is 1. The highest BCUT2D eigenvalue weighted by molar-refractivity contribution is 5.91. The minimum Gasteiger partial charge on any atom is -0.496 e. The molecular weight excluding hydrogens is 350 g/mol. The molecular formula is C16H12F6N2O. The first-order chi connectivity index (χ1) is 11.6. The van der Waals surface area contributed by atoms with Crippen molar-refractivity contribution in [2.24, 2.45) is 0 Å². The Hall–Kier alpha value is -2.58. The van der Waals surface area contributed by atoms with Gasteiger partial charge in [-0.15, -0.1) is 0 Å². The monoisotopic (exact) mass is 362 g/mol. The minimum atomic E-state index is -4.97. The molecule has 1 aliphatic rings. The van der Waals surface area contributed by atoms with Crippen LogP contribution in [0.25, 0.3) is 10.8 Å². The molecule has 0 amide bonds. The van der Waals surface area contributed by atoms with Crippen molar-refractivity contribution in [1.82, 2.24) is 9.80 Å². The topological polar surface area (TPSA) is 15.7 Å². The van der Waals surface area contributed by atoms with Crippen molar-refractivity contribution in [3.63, 3.8) is 0 Å². The number of halogens is 6. The molecule has 1 aliphatic heterocycles. The number of fused-ring (bicyclic) bond motifs is 1. The quantitative estimate of drug-likeness (QED) is 0.554. The second-order valence-electron chi connectivity index (χ2n) is 5.32. The van der Waals surface area contributed by atoms with Crippen molar-refractivity contribution < 1.29 is 31.1 Å². The van der Waals surface area contributed by atoms with Crippen LogP contribution in [0.4, 0.5) is 26.3 Å². The molecule has 3 nitrogen and oxygen atoms in total. The van der Waals surface area contributed by atoms with Crippen LogP contribution in [0.2, 0.25) is 0 Å². The lowest BCUT2D eigenvalue weighted by Crippen LogP contribution is -2.44. The maximum atomic E-state index is 13.3. The maximum Gasteiger partial charge on any atom is 0.486 e. The average Bonchev–Trinajstić information content (AvgIpc) is 2.99. The van der Waals surface area contributed by atoms with Crippen LogP contribution in [0.1, 0.15) is 11.7 Å². The van der Waals surface area contributed by atoms with Crippen molar-refractivity contribution in [3.8, 4) is 5.75 Å². The van der Waals surface area contributed by atoms with Crippen LogP contribution in [0.5, 0.6) is 5.75 Å². The molecule has 0 aliphatic carbocycles. The van der Waals surface area contributed by atoms with Gasteiger partial charge < -0.3 is 4.74 Å². The third-order valence-electron chi connectivity index (χ3n) is 3.92. The summed E-state index contributed by atoms with van der Waals surface area (Å²) in [6, 6.07) is 8.80. The van der Waals surface area contributed by atoms with E-state index in [-0.39, 0.29) is 20.7 Å². The largest absolute Gasteiger partial charge is 0.496 e. The lowest BCUT2D eigenvalue weighted by atomic mass is 10.0. The number of alkyl halides is 6. The molecule has 9 heteroatoms. The molecule has 0 unspecified atom stereocenters. The van der Waals surface area contributed by atoms with E-state index in [4.69, 9.17) is 4.74 Å². The Morgan fingerprint density at radius 3 is 1.80 bits per heavy atom. The van der Waals surface area contributed by atoms with Crippen molar-refractivity contribution in [3.05, 3.63) is 54.4 Å². The highest BCUT2D eigenvalue weighted by Gasteiger charge is 2.52. The molecule has 0 spiro atoms. The zero-order valence-electron chi connectivity index (χ0n) is 12.8. The summed E-state index contributed by atoms with van der Waals surface area (Å²) in [4.78, 5) is -0.538. The van der Waals surface area contributed by atoms with E-state index in [2.05, 4.69) is 0 Å². The van der Waals surface area contributed by atoms with Crippen LogP contribution < -0.4 is 4.74 Å². The van der Waals surface area contributed by atoms with Gasteiger partial charge in [-0.25, -0.2) is 0 Å². The Morgan fingerprint density at radius 1 is 0.800 bits per heavy atom. The van der Waals surface area contributed by atoms with Gasteiger partial charge in [0.05, 0.1) is 7.11 Å². The van der Waals surface area contributed by atoms with E-state index in [9.17, 15) is 26.3 Å². The fourth-order valence-corrected chi connectivity index (χ4v) is 2.88. The van der Waals surface area contributed by atoms with Crippen LogP contribution in [-0.4, -0.2) is 29.5 Å². The second-order valence-corrected chi connectivity index (χ2v) is 5.32. The van der Waals surface area contributed by atoms with E-state index < -0.39 is 18.8 Å². The molecule has 2 aromatic carbocycles. The van der Waals surface area contributed by atoms with Crippen LogP contribution >= 0.6 is 0 Å². The Labute approximate surface area is 138 Å². The summed E-state index contributed by atoms with van der Waals surface area (Å²) in [7, 11) is 1.38. The van der Waals surface area contributed by atoms with Gasteiger partial charge >= 0.3 is 12.6 Å². The first-order valence-corrected chi connectivity index (χ1v) is 7.09. The van der Waals surface area contributed by atoms with Crippen molar-refractivity contribution >= 4 is 10.8 Å². The van der Waals surface area contributed by atoms with Crippen LogP contribution in [-0.2, 0) is 0 Å². The van der Waals surface area contributed by atoms with Crippen molar-refractivity contribution in [1.29, 1.82) is 0 Å². The molecule has 0 saturated carbocycles. The Balaban J connectivity index is 2.22. The smallest absolute Gasteiger partial charge is 0.486 e. The Bertz CT molecular complexity index is 790. The molecule has 2 aromatic rings. The third-order valence-corrected chi connectivity index (χ3v) is 3.92. The standard InChI is InChI=1S/C16H12F6N2O/c1-25-13-7-6-12(10-4-2-3-5-11(10)13)14-23(15(17,18)19)8-9-24(14)16(20,21)22/h2-9,14H,1H3. The molecule has 0 aromatic heterocycles. The van der Waals surface area contributed by atoms with E-state index >= 15 is 0 Å². The molecule has 0 radical (unpaired) electrons. The van der Waals surface area contributed by atoms with Crippen LogP contribution in [0.15, 0.2) is 48.8 Å². The molecule has 0 N–H and O–H groups in total. The first-order valence-electron chi connectivity index (χ1n) is 7.09. The summed E-state index contributed by atoms with van der Waals surface area (Å²) < 4.78 is 84.7. The summed E-state index contributed by atoms with van der Waals surface area (Å²) in [5.41, 5.74) is -0.129. The predicted molar refractivity (Wildman–Crippen MR) is 78.2 cm³/mol. The van der Waals surface area contributed by atoms with E-state index in [0.717, 1.165) is 0 Å². The summed E-state index contributed by atoms with van der Waals surface area (Å²) in [5.74, 6) is 0.363. The average molecular weight is 362 g/mol. The van der Waals surface area contributed by atoms with Gasteiger partial charge in [0.25, 0.3) is 0 Å². The number of benzene rings is 2. The zero-order valence-corrected chi connectivity index (χ0v) is 12.8. The lowest BCUT2D eigenvalue weighted by Gasteiger charge is -2.35. The van der Waals surface area contributed by atoms with Gasteiger partial charge in [0.15, 0.2) is 0 Å². The first kappa shape index (κ1) is 17.2. The lowest BCUT2D eigenvalue weighted by molar-refractivity contribution is -0.290. The summed E-state index contributed by atoms with van der Waals surface area (Å²) in [5, 5.41) is 0.678. The summed E-state index contributed by atoms with van der Waals surface area (Å²) >= 11 is 0. The Morgan fingerprint density at radius 2 is 1.32 bits per heavy atom. The molecule has 0 atom stereocenters. The van der Waals surface area contributed by atoms with Crippen molar-refractivity contribution in [2.45, 2.75) is 18.8 Å². The fourth-order valence-electron chi connectivity index (χ4n) is 2.88. The van der Waals surface area contributed by atoms with Crippen molar-refractivity contribution in [2.75, 3.05) is 7.11 Å². The van der Waals surface area contributed by atoms with E-state index in [1.807, 2.05) is 0 Å². The SMILES string of the molecule is COc1ccc(C2N(C(F)(F)F)C=CN2C(F)(F)F)c2ccccc12. The number of rotatable bonds is 2. The Kier molecular flexibility index (Phi) is 3.97. The normalized spacial score (nSPS) is 16.1. The molecule has 1 heterocycles. The van der Waals surface area contributed by atoms with E-state index in [1.54, 1.807) is 18.2 Å². The van der Waals surface area contributed by atoms with Gasteiger partial charge in [-0.1, -0.05) is 30.3 Å². The van der Waals surface area contributed by atoms with Gasteiger partial charge in [0, 0.05) is 23.3 Å². The van der Waals surface area contributed by atoms with Crippen LogP contribution in [0, 0.1) is 0 Å². The molecule has 134 valence electrons. The zero-order chi connectivity index (χ0) is 18.4. The number of hydrogen-bond donors (Lipinski definition) is 0. The maximum absolute atomic E-state index is 13.3. The molecule has 0 fully saturated rings. The van der Waals surface area contributed by atoms with Gasteiger partial charge in [-0.3, -0.25) is 9.80 Å². The van der Waals surface area contributed by atoms with E-state index in [0.29, 0.717) is 23.5 Å². The number of nitrogens with zero attached hydrogens (tertiary/aromatic N) is 2. The number of methoxy groups -OCH3 is 1. The summed E-state index contributed by atoms with van der Waals surface area (Å²) in [6.45, 7) is 0. The molecule has 25 heavy (non-hydrogen) atoms. The van der Waals surface area contributed by atoms with Gasteiger partial charge in [0.1, 0.15) is 11.9 Å². The second kappa shape index (κ2) is 5.75. The molecule has 0 saturated heterocycles. The van der Waals surface area contributed by atoms with E-state index in [1.165, 1.54) is 25.3 Å². The predicted octanol–water partition coefficient (Wildman–Crippen LogP) is 4.98. The van der Waals surface area contributed by atoms with Crippen LogP contribution in [0.3, 0.4) is 0 Å². The highest BCUT2D eigenvalue weighted by atomic mass is 19.4. The molecule has 0 bridgehead atoms. The number of hydrogen-bond acceptors (Lipinski definition) is 3. The third kappa shape index (κ3) is 2.94. The summed E-state index contributed by atoms with van der Waals surface area (Å²) in [6.07, 6.45) is -11.3. The molecule has 3 rings (SSSR count). The van der Waals surface area contributed by atoms with Gasteiger partial charge in [0.2, 0.25) is 0 Å². The minimum absolute atomic E-state index is 0.129. The highest BCUT2D eigenvalue weighted by Crippen LogP contribution is 2.46.